The molecule has 0 unspecified atom stereocenters. The second-order valence-electron chi connectivity index (χ2n) is 4.08. The van der Waals surface area contributed by atoms with E-state index >= 15 is 0 Å². The Bertz CT molecular complexity index is 372. The zero-order chi connectivity index (χ0) is 11.5. The van der Waals surface area contributed by atoms with Crippen LogP contribution < -0.4 is 11.3 Å². The molecule has 1 amide bonds. The largest absolute Gasteiger partial charge is 0.339 e. The number of amides is 1. The average Bonchev–Trinajstić information content (AvgIpc) is 2.26. The fraction of sp³-hybridized carbons (Fsp3) is 0.455. The SMILES string of the molecule is CN(C(=O)c1ccc(NN)nc1)C1CCC1. The first kappa shape index (κ1) is 10.9. The molecule has 0 bridgehead atoms. The maximum atomic E-state index is 12.0. The highest BCUT2D eigenvalue weighted by atomic mass is 16.2. The lowest BCUT2D eigenvalue weighted by Gasteiger charge is -2.34. The summed E-state index contributed by atoms with van der Waals surface area (Å²) >= 11 is 0. The molecule has 1 aromatic heterocycles. The number of carbonyl (C=O) groups excluding carboxylic acids is 1. The maximum Gasteiger partial charge on any atom is 0.255 e. The molecule has 3 N–H and O–H groups in total. The summed E-state index contributed by atoms with van der Waals surface area (Å²) in [6.07, 6.45) is 4.99. The van der Waals surface area contributed by atoms with Crippen molar-refractivity contribution in [1.82, 2.24) is 9.88 Å². The highest BCUT2D eigenvalue weighted by Gasteiger charge is 2.26. The van der Waals surface area contributed by atoms with Crippen molar-refractivity contribution >= 4 is 11.7 Å². The number of nitrogens with one attached hydrogen (secondary N) is 1. The molecule has 1 saturated carbocycles. The van der Waals surface area contributed by atoms with Crippen LogP contribution in [0.15, 0.2) is 18.3 Å². The molecule has 1 aliphatic rings. The Balaban J connectivity index is 2.07. The van der Waals surface area contributed by atoms with E-state index in [4.69, 9.17) is 5.84 Å². The van der Waals surface area contributed by atoms with E-state index in [2.05, 4.69) is 10.4 Å². The molecule has 0 aromatic carbocycles. The molecule has 2 rings (SSSR count). The molecule has 5 nitrogen and oxygen atoms in total. The molecule has 1 heterocycles. The molecule has 0 radical (unpaired) electrons. The molecule has 0 atom stereocenters. The molecule has 16 heavy (non-hydrogen) atoms. The normalized spacial score (nSPS) is 15.4. The van der Waals surface area contributed by atoms with Gasteiger partial charge in [-0.2, -0.15) is 0 Å². The zero-order valence-electron chi connectivity index (χ0n) is 9.31. The standard InChI is InChI=1S/C11H16N4O/c1-15(9-3-2-4-9)11(16)8-5-6-10(14-12)13-7-8/h5-7,9H,2-4,12H2,1H3,(H,13,14). The van der Waals surface area contributed by atoms with Crippen LogP contribution in [0.4, 0.5) is 5.82 Å². The molecule has 1 aromatic rings. The van der Waals surface area contributed by atoms with Crippen molar-refractivity contribution < 1.29 is 4.79 Å². The molecule has 5 heteroatoms. The van der Waals surface area contributed by atoms with Crippen molar-refractivity contribution in [3.63, 3.8) is 0 Å². The summed E-state index contributed by atoms with van der Waals surface area (Å²) in [6, 6.07) is 3.83. The van der Waals surface area contributed by atoms with Crippen LogP contribution in [0.2, 0.25) is 0 Å². The summed E-state index contributed by atoms with van der Waals surface area (Å²) in [5.74, 6) is 5.79. The van der Waals surface area contributed by atoms with Gasteiger partial charge in [0.25, 0.3) is 5.91 Å². The predicted molar refractivity (Wildman–Crippen MR) is 61.8 cm³/mol. The number of nitrogens with zero attached hydrogens (tertiary/aromatic N) is 2. The number of hydrazine groups is 1. The lowest BCUT2D eigenvalue weighted by molar-refractivity contribution is 0.0651. The van der Waals surface area contributed by atoms with E-state index in [9.17, 15) is 4.79 Å². The molecular weight excluding hydrogens is 204 g/mol. The summed E-state index contributed by atoms with van der Waals surface area (Å²) in [5, 5.41) is 0. The minimum atomic E-state index is 0.0285. The van der Waals surface area contributed by atoms with Gasteiger partial charge in [-0.15, -0.1) is 0 Å². The number of carbonyl (C=O) groups is 1. The number of nitrogens with two attached hydrogens (primary N) is 1. The van der Waals surface area contributed by atoms with E-state index in [1.165, 1.54) is 6.42 Å². The zero-order valence-corrected chi connectivity index (χ0v) is 9.31. The van der Waals surface area contributed by atoms with Crippen LogP contribution in [0.3, 0.4) is 0 Å². The lowest BCUT2D eigenvalue weighted by atomic mass is 9.91. The van der Waals surface area contributed by atoms with Gasteiger partial charge in [0.2, 0.25) is 0 Å². The van der Waals surface area contributed by atoms with Gasteiger partial charge in [-0.25, -0.2) is 10.8 Å². The van der Waals surface area contributed by atoms with Crippen LogP contribution in [0, 0.1) is 0 Å². The van der Waals surface area contributed by atoms with E-state index < -0.39 is 0 Å². The summed E-state index contributed by atoms with van der Waals surface area (Å²) in [6.45, 7) is 0. The molecule has 0 spiro atoms. The fourth-order valence-electron chi connectivity index (χ4n) is 1.75. The Labute approximate surface area is 94.6 Å². The highest BCUT2D eigenvalue weighted by molar-refractivity contribution is 5.94. The smallest absolute Gasteiger partial charge is 0.255 e. The minimum Gasteiger partial charge on any atom is -0.339 e. The monoisotopic (exact) mass is 220 g/mol. The molecule has 0 aliphatic heterocycles. The van der Waals surface area contributed by atoms with Crippen LogP contribution in [-0.4, -0.2) is 28.9 Å². The lowest BCUT2D eigenvalue weighted by Crippen LogP contribution is -2.41. The van der Waals surface area contributed by atoms with E-state index in [1.54, 1.807) is 23.2 Å². The molecule has 1 fully saturated rings. The van der Waals surface area contributed by atoms with Gasteiger partial charge in [0.1, 0.15) is 5.82 Å². The van der Waals surface area contributed by atoms with Gasteiger partial charge in [0, 0.05) is 19.3 Å². The molecular formula is C11H16N4O. The van der Waals surface area contributed by atoms with Gasteiger partial charge in [0.15, 0.2) is 0 Å². The Morgan fingerprint density at radius 2 is 2.31 bits per heavy atom. The van der Waals surface area contributed by atoms with Gasteiger partial charge in [-0.3, -0.25) is 4.79 Å². The first-order chi connectivity index (χ1) is 7.72. The molecule has 86 valence electrons. The van der Waals surface area contributed by atoms with E-state index in [0.29, 0.717) is 17.4 Å². The molecule has 0 saturated heterocycles. The predicted octanol–water partition coefficient (Wildman–Crippen LogP) is 0.992. The topological polar surface area (TPSA) is 71.2 Å². The van der Waals surface area contributed by atoms with Gasteiger partial charge in [-0.1, -0.05) is 0 Å². The van der Waals surface area contributed by atoms with Crippen LogP contribution in [-0.2, 0) is 0 Å². The Morgan fingerprint density at radius 1 is 1.56 bits per heavy atom. The van der Waals surface area contributed by atoms with Crippen molar-refractivity contribution in [2.45, 2.75) is 25.3 Å². The Kier molecular flexibility index (Phi) is 3.05. The second-order valence-corrected chi connectivity index (χ2v) is 4.08. The first-order valence-electron chi connectivity index (χ1n) is 5.42. The van der Waals surface area contributed by atoms with Crippen molar-refractivity contribution in [2.24, 2.45) is 5.84 Å². The quantitative estimate of drug-likeness (QED) is 0.588. The third-order valence-electron chi connectivity index (χ3n) is 3.10. The van der Waals surface area contributed by atoms with Gasteiger partial charge >= 0.3 is 0 Å². The number of pyridine rings is 1. The maximum absolute atomic E-state index is 12.0. The van der Waals surface area contributed by atoms with Crippen molar-refractivity contribution in [3.05, 3.63) is 23.9 Å². The van der Waals surface area contributed by atoms with Crippen molar-refractivity contribution in [2.75, 3.05) is 12.5 Å². The summed E-state index contributed by atoms with van der Waals surface area (Å²) in [7, 11) is 1.85. The minimum absolute atomic E-state index is 0.0285. The number of rotatable bonds is 3. The van der Waals surface area contributed by atoms with Crippen LogP contribution in [0.5, 0.6) is 0 Å². The van der Waals surface area contributed by atoms with Crippen LogP contribution >= 0.6 is 0 Å². The fourth-order valence-corrected chi connectivity index (χ4v) is 1.75. The van der Waals surface area contributed by atoms with Gasteiger partial charge < -0.3 is 10.3 Å². The second kappa shape index (κ2) is 4.49. The number of aromatic nitrogens is 1. The number of nitrogen functional groups attached to an aromatic ring is 1. The third kappa shape index (κ3) is 1.99. The molecule has 1 aliphatic carbocycles. The highest BCUT2D eigenvalue weighted by Crippen LogP contribution is 2.24. The van der Waals surface area contributed by atoms with E-state index in [1.807, 2.05) is 7.05 Å². The van der Waals surface area contributed by atoms with Crippen molar-refractivity contribution in [3.8, 4) is 0 Å². The van der Waals surface area contributed by atoms with Gasteiger partial charge in [0.05, 0.1) is 5.56 Å². The summed E-state index contributed by atoms with van der Waals surface area (Å²) in [4.78, 5) is 17.8. The third-order valence-corrected chi connectivity index (χ3v) is 3.10. The summed E-state index contributed by atoms with van der Waals surface area (Å²) in [5.41, 5.74) is 3.04. The van der Waals surface area contributed by atoms with Crippen LogP contribution in [0.1, 0.15) is 29.6 Å². The summed E-state index contributed by atoms with van der Waals surface area (Å²) < 4.78 is 0. The van der Waals surface area contributed by atoms with E-state index in [-0.39, 0.29) is 5.91 Å². The Morgan fingerprint density at radius 3 is 2.75 bits per heavy atom. The average molecular weight is 220 g/mol. The van der Waals surface area contributed by atoms with Crippen LogP contribution in [0.25, 0.3) is 0 Å². The van der Waals surface area contributed by atoms with E-state index in [0.717, 1.165) is 12.8 Å². The first-order valence-corrected chi connectivity index (χ1v) is 5.42. The number of anilines is 1. The van der Waals surface area contributed by atoms with Gasteiger partial charge in [-0.05, 0) is 31.4 Å². The Hall–Kier alpha value is -1.62. The number of hydrogen-bond acceptors (Lipinski definition) is 4. The number of hydrogen-bond donors (Lipinski definition) is 2. The van der Waals surface area contributed by atoms with Crippen molar-refractivity contribution in [1.29, 1.82) is 0 Å².